The van der Waals surface area contributed by atoms with Crippen LogP contribution in [0.15, 0.2) is 42.1 Å². The topological polar surface area (TPSA) is 31.9 Å². The average Bonchev–Trinajstić information content (AvgIpc) is 3.13. The molecule has 0 radical (unpaired) electrons. The van der Waals surface area contributed by atoms with Gasteiger partial charge >= 0.3 is 0 Å². The van der Waals surface area contributed by atoms with Crippen molar-refractivity contribution in [3.05, 3.63) is 53.6 Å². The highest BCUT2D eigenvalue weighted by atomic mass is 19.1. The van der Waals surface area contributed by atoms with E-state index in [1.165, 1.54) is 12.3 Å². The number of rotatable bonds is 1. The van der Waals surface area contributed by atoms with Crippen molar-refractivity contribution in [1.29, 1.82) is 0 Å². The molecular formula is C18H16FN3. The SMILES string of the molecule is CN(C)C12C=CC=C(C#Cc3cc4cc(F)cnc4[nH]3)C1C2. The Morgan fingerprint density at radius 2 is 2.23 bits per heavy atom. The van der Waals surface area contributed by atoms with Crippen LogP contribution in [0.1, 0.15) is 12.1 Å². The molecule has 2 aromatic heterocycles. The summed E-state index contributed by atoms with van der Waals surface area (Å²) in [5.41, 5.74) is 2.75. The van der Waals surface area contributed by atoms with Crippen molar-refractivity contribution in [3.63, 3.8) is 0 Å². The van der Waals surface area contributed by atoms with E-state index in [4.69, 9.17) is 0 Å². The largest absolute Gasteiger partial charge is 0.333 e. The zero-order valence-electron chi connectivity index (χ0n) is 12.5. The number of H-pyrrole nitrogens is 1. The van der Waals surface area contributed by atoms with E-state index in [2.05, 4.69) is 59.0 Å². The minimum absolute atomic E-state index is 0.157. The van der Waals surface area contributed by atoms with Crippen LogP contribution in [0.4, 0.5) is 4.39 Å². The fourth-order valence-corrected chi connectivity index (χ4v) is 3.23. The van der Waals surface area contributed by atoms with Gasteiger partial charge in [-0.15, -0.1) is 0 Å². The average molecular weight is 293 g/mol. The van der Waals surface area contributed by atoms with Gasteiger partial charge in [-0.25, -0.2) is 9.37 Å². The van der Waals surface area contributed by atoms with Crippen molar-refractivity contribution < 1.29 is 4.39 Å². The number of pyridine rings is 1. The summed E-state index contributed by atoms with van der Waals surface area (Å²) in [6, 6.07) is 3.30. The van der Waals surface area contributed by atoms with Gasteiger partial charge in [-0.1, -0.05) is 24.1 Å². The highest BCUT2D eigenvalue weighted by Crippen LogP contribution is 2.54. The summed E-state index contributed by atoms with van der Waals surface area (Å²) in [6.45, 7) is 0. The Morgan fingerprint density at radius 3 is 3.05 bits per heavy atom. The number of fused-ring (bicyclic) bond motifs is 2. The summed E-state index contributed by atoms with van der Waals surface area (Å²) in [7, 11) is 4.22. The first-order valence-electron chi connectivity index (χ1n) is 7.32. The molecule has 2 aliphatic rings. The van der Waals surface area contributed by atoms with E-state index in [9.17, 15) is 4.39 Å². The van der Waals surface area contributed by atoms with Gasteiger partial charge in [0, 0.05) is 22.4 Å². The van der Waals surface area contributed by atoms with Crippen LogP contribution in [-0.2, 0) is 0 Å². The lowest BCUT2D eigenvalue weighted by atomic mass is 10.0. The number of nitrogens with zero attached hydrogens (tertiary/aromatic N) is 2. The second-order valence-electron chi connectivity index (χ2n) is 6.15. The van der Waals surface area contributed by atoms with Crippen molar-refractivity contribution in [2.24, 2.45) is 5.92 Å². The molecule has 2 unspecified atom stereocenters. The number of hydrogen-bond acceptors (Lipinski definition) is 2. The molecule has 2 heterocycles. The molecule has 2 atom stereocenters. The monoisotopic (exact) mass is 293 g/mol. The molecule has 1 N–H and O–H groups in total. The number of aromatic nitrogens is 2. The van der Waals surface area contributed by atoms with Gasteiger partial charge in [0.05, 0.1) is 11.9 Å². The molecule has 1 saturated carbocycles. The Labute approximate surface area is 128 Å². The van der Waals surface area contributed by atoms with Crippen LogP contribution in [0, 0.1) is 23.6 Å². The van der Waals surface area contributed by atoms with Gasteiger partial charge in [-0.05, 0) is 38.6 Å². The zero-order valence-corrected chi connectivity index (χ0v) is 12.5. The quantitative estimate of drug-likeness (QED) is 0.820. The first-order valence-corrected chi connectivity index (χ1v) is 7.32. The summed E-state index contributed by atoms with van der Waals surface area (Å²) in [6.07, 6.45) is 8.78. The first-order chi connectivity index (χ1) is 10.6. The summed E-state index contributed by atoms with van der Waals surface area (Å²) >= 11 is 0. The molecule has 0 spiro atoms. The fraction of sp³-hybridized carbons (Fsp3) is 0.278. The standard InChI is InChI=1S/C18H16FN3/c1-22(2)18-7-3-4-12(16(18)10-18)5-6-15-9-13-8-14(19)11-20-17(13)21-15/h3-4,7-9,11,16H,10H2,1-2H3,(H,20,21). The Bertz CT molecular complexity index is 879. The first kappa shape index (κ1) is 13.3. The predicted octanol–water partition coefficient (Wildman–Crippen LogP) is 2.87. The maximum atomic E-state index is 13.2. The molecule has 0 saturated heterocycles. The maximum Gasteiger partial charge on any atom is 0.142 e. The molecule has 110 valence electrons. The van der Waals surface area contributed by atoms with Crippen molar-refractivity contribution in [3.8, 4) is 11.8 Å². The molecule has 0 amide bonds. The highest BCUT2D eigenvalue weighted by molar-refractivity contribution is 5.77. The summed E-state index contributed by atoms with van der Waals surface area (Å²) < 4.78 is 13.2. The van der Waals surface area contributed by atoms with Gasteiger partial charge < -0.3 is 4.98 Å². The number of aromatic amines is 1. The molecular weight excluding hydrogens is 277 g/mol. The van der Waals surface area contributed by atoms with Crippen LogP contribution in [0.2, 0.25) is 0 Å². The predicted molar refractivity (Wildman–Crippen MR) is 84.7 cm³/mol. The van der Waals surface area contributed by atoms with Crippen molar-refractivity contribution in [2.75, 3.05) is 14.1 Å². The number of halogens is 1. The zero-order chi connectivity index (χ0) is 15.3. The normalized spacial score (nSPS) is 25.6. The Balaban J connectivity index is 1.63. The maximum absolute atomic E-state index is 13.2. The summed E-state index contributed by atoms with van der Waals surface area (Å²) in [5.74, 6) is 6.57. The van der Waals surface area contributed by atoms with E-state index >= 15 is 0 Å². The van der Waals surface area contributed by atoms with E-state index < -0.39 is 0 Å². The Hall–Kier alpha value is -2.38. The minimum Gasteiger partial charge on any atom is -0.333 e. The molecule has 4 heteroatoms. The van der Waals surface area contributed by atoms with Crippen molar-refractivity contribution in [1.82, 2.24) is 14.9 Å². The third-order valence-corrected chi connectivity index (χ3v) is 4.62. The molecule has 1 fully saturated rings. The molecule has 3 nitrogen and oxygen atoms in total. The van der Waals surface area contributed by atoms with Crippen LogP contribution in [0.5, 0.6) is 0 Å². The van der Waals surface area contributed by atoms with E-state index in [0.717, 1.165) is 23.1 Å². The van der Waals surface area contributed by atoms with Gasteiger partial charge in [0.25, 0.3) is 0 Å². The molecule has 2 aliphatic carbocycles. The second kappa shape index (κ2) is 4.56. The van der Waals surface area contributed by atoms with Crippen LogP contribution < -0.4 is 0 Å². The molecule has 0 aliphatic heterocycles. The summed E-state index contributed by atoms with van der Waals surface area (Å²) in [5, 5.41) is 0.746. The molecule has 22 heavy (non-hydrogen) atoms. The van der Waals surface area contributed by atoms with Crippen LogP contribution in [0.3, 0.4) is 0 Å². The Kier molecular flexibility index (Phi) is 2.75. The van der Waals surface area contributed by atoms with Gasteiger partial charge in [-0.3, -0.25) is 4.90 Å². The lowest BCUT2D eigenvalue weighted by Crippen LogP contribution is -2.31. The van der Waals surface area contributed by atoms with E-state index in [0.29, 0.717) is 11.6 Å². The van der Waals surface area contributed by atoms with Crippen molar-refractivity contribution in [2.45, 2.75) is 12.0 Å². The molecule has 0 bridgehead atoms. The molecule has 0 aromatic carbocycles. The van der Waals surface area contributed by atoms with Gasteiger partial charge in [0.15, 0.2) is 0 Å². The lowest BCUT2D eigenvalue weighted by molar-refractivity contribution is 0.310. The Morgan fingerprint density at radius 1 is 1.36 bits per heavy atom. The number of nitrogens with one attached hydrogen (secondary N) is 1. The highest BCUT2D eigenvalue weighted by Gasteiger charge is 2.56. The lowest BCUT2D eigenvalue weighted by Gasteiger charge is -2.23. The van der Waals surface area contributed by atoms with Crippen LogP contribution in [0.25, 0.3) is 11.0 Å². The number of allylic oxidation sites excluding steroid dienone is 2. The summed E-state index contributed by atoms with van der Waals surface area (Å²) in [4.78, 5) is 9.40. The molecule has 2 aromatic rings. The second-order valence-corrected chi connectivity index (χ2v) is 6.15. The van der Waals surface area contributed by atoms with E-state index in [1.807, 2.05) is 6.07 Å². The third-order valence-electron chi connectivity index (χ3n) is 4.62. The van der Waals surface area contributed by atoms with Gasteiger partial charge in [-0.2, -0.15) is 0 Å². The third kappa shape index (κ3) is 1.98. The van der Waals surface area contributed by atoms with E-state index in [-0.39, 0.29) is 11.4 Å². The number of hydrogen-bond donors (Lipinski definition) is 1. The van der Waals surface area contributed by atoms with Crippen molar-refractivity contribution >= 4 is 11.0 Å². The molecule has 4 rings (SSSR count). The minimum atomic E-state index is -0.333. The smallest absolute Gasteiger partial charge is 0.142 e. The van der Waals surface area contributed by atoms with Gasteiger partial charge in [0.1, 0.15) is 11.5 Å². The van der Waals surface area contributed by atoms with Crippen LogP contribution in [-0.4, -0.2) is 34.5 Å². The fourth-order valence-electron chi connectivity index (χ4n) is 3.23. The van der Waals surface area contributed by atoms with Crippen LogP contribution >= 0.6 is 0 Å². The van der Waals surface area contributed by atoms with E-state index in [1.54, 1.807) is 0 Å². The number of likely N-dealkylation sites (N-methyl/N-ethyl adjacent to an activating group) is 1. The van der Waals surface area contributed by atoms with Gasteiger partial charge in [0.2, 0.25) is 0 Å².